The van der Waals surface area contributed by atoms with Gasteiger partial charge in [0, 0.05) is 24.9 Å². The Labute approximate surface area is 264 Å². The van der Waals surface area contributed by atoms with E-state index in [1.165, 1.54) is 18.4 Å². The van der Waals surface area contributed by atoms with Crippen molar-refractivity contribution in [2.24, 2.45) is 0 Å². The number of ether oxygens (including phenoxy) is 1. The maximum atomic E-state index is 12.9. The van der Waals surface area contributed by atoms with Crippen molar-refractivity contribution in [3.8, 4) is 0 Å². The summed E-state index contributed by atoms with van der Waals surface area (Å²) in [4.78, 5) is 29.1. The minimum absolute atomic E-state index is 0.359. The molecule has 0 aliphatic carbocycles. The standard InChI is InChI=1S/C38H39N5O2/c1-27-9-14-31(15-10-27)34(20-24-42-22-4-5-23-42)35-8-6-7-33(41-35)18-11-28(2)45-38(44)32-16-12-30(13-17-32)26-43-29(3)40-36-25-39-21-19-37(36)43/h6-21,25,28H,4-5,22-24,26H2,1-3H3/b18-11+,34-20+. The van der Waals surface area contributed by atoms with E-state index in [0.717, 1.165) is 64.6 Å². The predicted octanol–water partition coefficient (Wildman–Crippen LogP) is 7.28. The molecule has 0 saturated carbocycles. The van der Waals surface area contributed by atoms with Crippen molar-refractivity contribution in [3.63, 3.8) is 0 Å². The van der Waals surface area contributed by atoms with Gasteiger partial charge in [0.1, 0.15) is 17.4 Å². The molecule has 3 aromatic heterocycles. The fourth-order valence-corrected chi connectivity index (χ4v) is 5.72. The van der Waals surface area contributed by atoms with Crippen molar-refractivity contribution in [2.75, 3.05) is 19.6 Å². The van der Waals surface area contributed by atoms with Gasteiger partial charge in [-0.15, -0.1) is 0 Å². The second-order valence-electron chi connectivity index (χ2n) is 11.7. The number of hydrogen-bond acceptors (Lipinski definition) is 6. The van der Waals surface area contributed by atoms with E-state index >= 15 is 0 Å². The summed E-state index contributed by atoms with van der Waals surface area (Å²) in [7, 11) is 0. The summed E-state index contributed by atoms with van der Waals surface area (Å²) in [6.07, 6.45) is 11.8. The van der Waals surface area contributed by atoms with Crippen LogP contribution in [0.4, 0.5) is 0 Å². The normalized spacial score (nSPS) is 14.8. The Bertz CT molecular complexity index is 1830. The van der Waals surface area contributed by atoms with E-state index in [1.54, 1.807) is 12.4 Å². The Morgan fingerprint density at radius 2 is 1.69 bits per heavy atom. The molecule has 0 bridgehead atoms. The molecule has 7 nitrogen and oxygen atoms in total. The van der Waals surface area contributed by atoms with E-state index < -0.39 is 6.10 Å². The molecular formula is C38H39N5O2. The van der Waals surface area contributed by atoms with Crippen molar-refractivity contribution in [3.05, 3.63) is 137 Å². The number of esters is 1. The van der Waals surface area contributed by atoms with Gasteiger partial charge < -0.3 is 9.30 Å². The molecular weight excluding hydrogens is 558 g/mol. The highest BCUT2D eigenvalue weighted by Crippen LogP contribution is 2.24. The maximum absolute atomic E-state index is 12.9. The van der Waals surface area contributed by atoms with Gasteiger partial charge in [-0.1, -0.05) is 54.1 Å². The quantitative estimate of drug-likeness (QED) is 0.158. The zero-order valence-electron chi connectivity index (χ0n) is 26.2. The van der Waals surface area contributed by atoms with Crippen LogP contribution in [0.2, 0.25) is 0 Å². The van der Waals surface area contributed by atoms with Crippen molar-refractivity contribution in [2.45, 2.75) is 46.3 Å². The van der Waals surface area contributed by atoms with Crippen LogP contribution in [0.5, 0.6) is 0 Å². The van der Waals surface area contributed by atoms with Gasteiger partial charge in [0.25, 0.3) is 0 Å². The van der Waals surface area contributed by atoms with E-state index in [2.05, 4.69) is 62.8 Å². The number of likely N-dealkylation sites (tertiary alicyclic amines) is 1. The molecule has 1 saturated heterocycles. The average molecular weight is 598 g/mol. The Balaban J connectivity index is 1.11. The molecule has 1 atom stereocenters. The largest absolute Gasteiger partial charge is 0.455 e. The predicted molar refractivity (Wildman–Crippen MR) is 180 cm³/mol. The second kappa shape index (κ2) is 13.8. The second-order valence-corrected chi connectivity index (χ2v) is 11.7. The topological polar surface area (TPSA) is 73.1 Å². The molecule has 7 heteroatoms. The number of fused-ring (bicyclic) bond motifs is 1. The summed E-state index contributed by atoms with van der Waals surface area (Å²) in [6, 6.07) is 24.2. The third-order valence-corrected chi connectivity index (χ3v) is 8.26. The summed E-state index contributed by atoms with van der Waals surface area (Å²) in [6.45, 7) is 9.82. The van der Waals surface area contributed by atoms with Crippen LogP contribution in [0, 0.1) is 13.8 Å². The van der Waals surface area contributed by atoms with E-state index in [1.807, 2.05) is 68.5 Å². The van der Waals surface area contributed by atoms with Gasteiger partial charge in [-0.25, -0.2) is 14.8 Å². The van der Waals surface area contributed by atoms with Crippen LogP contribution in [0.25, 0.3) is 22.7 Å². The van der Waals surface area contributed by atoms with Crippen LogP contribution in [0.3, 0.4) is 0 Å². The van der Waals surface area contributed by atoms with Gasteiger partial charge in [0.15, 0.2) is 0 Å². The van der Waals surface area contributed by atoms with Crippen molar-refractivity contribution in [1.29, 1.82) is 0 Å². The third kappa shape index (κ3) is 7.44. The number of carbonyl (C=O) groups excluding carboxylic acids is 1. The number of imidazole rings is 1. The number of aryl methyl sites for hydroxylation is 2. The summed E-state index contributed by atoms with van der Waals surface area (Å²) in [5.41, 5.74) is 8.78. The molecule has 4 heterocycles. The molecule has 1 unspecified atom stereocenters. The van der Waals surface area contributed by atoms with E-state index in [9.17, 15) is 4.79 Å². The average Bonchev–Trinajstić information content (AvgIpc) is 3.69. The van der Waals surface area contributed by atoms with Gasteiger partial charge in [-0.2, -0.15) is 0 Å². The molecule has 0 amide bonds. The number of benzene rings is 2. The minimum Gasteiger partial charge on any atom is -0.455 e. The molecule has 5 aromatic rings. The molecule has 6 rings (SSSR count). The third-order valence-electron chi connectivity index (χ3n) is 8.26. The fourth-order valence-electron chi connectivity index (χ4n) is 5.72. The minimum atomic E-state index is -0.418. The van der Waals surface area contributed by atoms with Gasteiger partial charge in [0.2, 0.25) is 0 Å². The van der Waals surface area contributed by atoms with Crippen LogP contribution < -0.4 is 0 Å². The van der Waals surface area contributed by atoms with Crippen molar-refractivity contribution >= 4 is 28.7 Å². The first kappa shape index (κ1) is 30.2. The number of hydrogen-bond donors (Lipinski definition) is 0. The highest BCUT2D eigenvalue weighted by Gasteiger charge is 2.14. The molecule has 45 heavy (non-hydrogen) atoms. The number of carbonyl (C=O) groups is 1. The summed E-state index contributed by atoms with van der Waals surface area (Å²) < 4.78 is 7.89. The summed E-state index contributed by atoms with van der Waals surface area (Å²) in [5.74, 6) is 0.564. The van der Waals surface area contributed by atoms with Gasteiger partial charge in [-0.05, 0) is 100 Å². The van der Waals surface area contributed by atoms with E-state index in [4.69, 9.17) is 9.72 Å². The van der Waals surface area contributed by atoms with Crippen LogP contribution in [0.1, 0.15) is 64.0 Å². The molecule has 1 aliphatic rings. The monoisotopic (exact) mass is 597 g/mol. The SMILES string of the molecule is Cc1ccc(/C(=C\CN2CCCC2)c2cccc(/C=C/C(C)OC(=O)c3ccc(Cn4c(C)nc5cnccc54)cc3)n2)cc1. The highest BCUT2D eigenvalue weighted by molar-refractivity contribution is 5.89. The molecule has 0 radical (unpaired) electrons. The molecule has 2 aromatic carbocycles. The first-order valence-electron chi connectivity index (χ1n) is 15.6. The van der Waals surface area contributed by atoms with Crippen LogP contribution in [-0.2, 0) is 11.3 Å². The maximum Gasteiger partial charge on any atom is 0.338 e. The zero-order chi connectivity index (χ0) is 31.2. The number of rotatable bonds is 10. The first-order chi connectivity index (χ1) is 21.9. The highest BCUT2D eigenvalue weighted by atomic mass is 16.5. The first-order valence-corrected chi connectivity index (χ1v) is 15.6. The van der Waals surface area contributed by atoms with E-state index in [-0.39, 0.29) is 5.97 Å². The zero-order valence-corrected chi connectivity index (χ0v) is 26.2. The van der Waals surface area contributed by atoms with Gasteiger partial charge in [0.05, 0.1) is 28.7 Å². The smallest absolute Gasteiger partial charge is 0.338 e. The lowest BCUT2D eigenvalue weighted by Gasteiger charge is -2.14. The lowest BCUT2D eigenvalue weighted by atomic mass is 10.00. The number of aromatic nitrogens is 4. The lowest BCUT2D eigenvalue weighted by molar-refractivity contribution is 0.0425. The van der Waals surface area contributed by atoms with Crippen LogP contribution in [-0.4, -0.2) is 56.1 Å². The van der Waals surface area contributed by atoms with Gasteiger partial charge in [-0.3, -0.25) is 9.88 Å². The molecule has 228 valence electrons. The molecule has 1 aliphatic heterocycles. The molecule has 0 spiro atoms. The number of nitrogens with zero attached hydrogens (tertiary/aromatic N) is 5. The molecule has 1 fully saturated rings. The van der Waals surface area contributed by atoms with E-state index in [0.29, 0.717) is 12.1 Å². The van der Waals surface area contributed by atoms with Crippen LogP contribution >= 0.6 is 0 Å². The lowest BCUT2D eigenvalue weighted by Crippen LogP contribution is -2.19. The van der Waals surface area contributed by atoms with Crippen LogP contribution in [0.15, 0.2) is 97.3 Å². The van der Waals surface area contributed by atoms with Crippen molar-refractivity contribution < 1.29 is 9.53 Å². The fraction of sp³-hybridized carbons (Fsp3) is 0.263. The molecule has 0 N–H and O–H groups in total. The Morgan fingerprint density at radius 1 is 0.933 bits per heavy atom. The Morgan fingerprint density at radius 3 is 2.47 bits per heavy atom. The Kier molecular flexibility index (Phi) is 9.27. The summed E-state index contributed by atoms with van der Waals surface area (Å²) >= 11 is 0. The Hall–Kier alpha value is -4.88. The summed E-state index contributed by atoms with van der Waals surface area (Å²) in [5, 5.41) is 0. The number of pyridine rings is 2. The van der Waals surface area contributed by atoms with Crippen molar-refractivity contribution in [1.82, 2.24) is 24.4 Å². The van der Waals surface area contributed by atoms with Gasteiger partial charge >= 0.3 is 5.97 Å².